The minimum absolute atomic E-state index is 0.227. The molecule has 0 aliphatic heterocycles. The molecular formula is C13H15N7O. The smallest absolute Gasteiger partial charge is 0.263 e. The minimum Gasteiger partial charge on any atom is -0.362 e. The van der Waals surface area contributed by atoms with E-state index >= 15 is 0 Å². The predicted molar refractivity (Wildman–Crippen MR) is 80.4 cm³/mol. The second-order valence-electron chi connectivity index (χ2n) is 4.78. The molecule has 0 aromatic carbocycles. The zero-order valence-corrected chi connectivity index (χ0v) is 11.7. The molecule has 3 N–H and O–H groups in total. The van der Waals surface area contributed by atoms with Crippen molar-refractivity contribution in [1.82, 2.24) is 25.1 Å². The number of anilines is 2. The van der Waals surface area contributed by atoms with Gasteiger partial charge in [-0.2, -0.15) is 10.1 Å². The van der Waals surface area contributed by atoms with E-state index in [9.17, 15) is 4.79 Å². The normalized spacial score (nSPS) is 10.8. The SMILES string of the molecule is CN(C)c1ncccc1CNc1nc2[nH]ncc2c(=O)[nH]1. The zero-order valence-electron chi connectivity index (χ0n) is 11.7. The lowest BCUT2D eigenvalue weighted by Crippen LogP contribution is -2.16. The second-order valence-corrected chi connectivity index (χ2v) is 4.78. The van der Waals surface area contributed by atoms with Crippen molar-refractivity contribution < 1.29 is 0 Å². The van der Waals surface area contributed by atoms with E-state index in [0.29, 0.717) is 23.5 Å². The average Bonchev–Trinajstić information content (AvgIpc) is 2.94. The van der Waals surface area contributed by atoms with Crippen LogP contribution in [-0.4, -0.2) is 39.2 Å². The van der Waals surface area contributed by atoms with Crippen LogP contribution < -0.4 is 15.8 Å². The molecule has 8 heteroatoms. The molecule has 8 nitrogen and oxygen atoms in total. The Balaban J connectivity index is 1.85. The van der Waals surface area contributed by atoms with Crippen LogP contribution in [0.25, 0.3) is 11.0 Å². The number of nitrogens with one attached hydrogen (secondary N) is 3. The van der Waals surface area contributed by atoms with E-state index in [1.54, 1.807) is 6.20 Å². The van der Waals surface area contributed by atoms with Gasteiger partial charge in [-0.15, -0.1) is 0 Å². The van der Waals surface area contributed by atoms with Gasteiger partial charge in [-0.25, -0.2) is 4.98 Å². The zero-order chi connectivity index (χ0) is 14.8. The lowest BCUT2D eigenvalue weighted by Gasteiger charge is -2.16. The van der Waals surface area contributed by atoms with E-state index in [1.165, 1.54) is 6.20 Å². The summed E-state index contributed by atoms with van der Waals surface area (Å²) < 4.78 is 0. The van der Waals surface area contributed by atoms with Gasteiger partial charge in [0.1, 0.15) is 11.2 Å². The van der Waals surface area contributed by atoms with Crippen molar-refractivity contribution >= 4 is 22.8 Å². The first-order chi connectivity index (χ1) is 10.1. The van der Waals surface area contributed by atoms with Crippen LogP contribution in [0.2, 0.25) is 0 Å². The summed E-state index contributed by atoms with van der Waals surface area (Å²) in [6.07, 6.45) is 3.20. The maximum absolute atomic E-state index is 11.8. The first kappa shape index (κ1) is 13.1. The monoisotopic (exact) mass is 285 g/mol. The first-order valence-electron chi connectivity index (χ1n) is 6.43. The third-order valence-corrected chi connectivity index (χ3v) is 3.06. The molecule has 0 fully saturated rings. The van der Waals surface area contributed by atoms with Crippen molar-refractivity contribution in [1.29, 1.82) is 0 Å². The van der Waals surface area contributed by atoms with Crippen molar-refractivity contribution in [2.45, 2.75) is 6.54 Å². The van der Waals surface area contributed by atoms with E-state index in [4.69, 9.17) is 0 Å². The van der Waals surface area contributed by atoms with Gasteiger partial charge in [0.15, 0.2) is 5.65 Å². The molecule has 0 aliphatic carbocycles. The molecule has 3 heterocycles. The number of H-pyrrole nitrogens is 2. The van der Waals surface area contributed by atoms with E-state index in [-0.39, 0.29) is 5.56 Å². The molecule has 0 bridgehead atoms. The molecule has 3 aromatic rings. The third kappa shape index (κ3) is 2.55. The van der Waals surface area contributed by atoms with Crippen LogP contribution in [0.4, 0.5) is 11.8 Å². The van der Waals surface area contributed by atoms with Gasteiger partial charge in [0.25, 0.3) is 5.56 Å². The Morgan fingerprint density at radius 2 is 2.24 bits per heavy atom. The highest BCUT2D eigenvalue weighted by atomic mass is 16.1. The standard InChI is InChI=1S/C13H15N7O/c1-20(2)11-8(4-3-5-14-11)6-15-13-17-10-9(7-16-19-10)12(21)18-13/h3-5,7H,6H2,1-2H3,(H3,15,16,17,18,19,21). The van der Waals surface area contributed by atoms with Crippen LogP contribution in [0.5, 0.6) is 0 Å². The number of fused-ring (bicyclic) bond motifs is 1. The fourth-order valence-corrected chi connectivity index (χ4v) is 2.08. The summed E-state index contributed by atoms with van der Waals surface area (Å²) in [6, 6.07) is 3.85. The van der Waals surface area contributed by atoms with E-state index in [1.807, 2.05) is 31.1 Å². The molecule has 0 saturated carbocycles. The lowest BCUT2D eigenvalue weighted by molar-refractivity contribution is 0.992. The van der Waals surface area contributed by atoms with Crippen molar-refractivity contribution in [3.63, 3.8) is 0 Å². The van der Waals surface area contributed by atoms with Crippen LogP contribution in [0.3, 0.4) is 0 Å². The molecule has 0 aliphatic rings. The topological polar surface area (TPSA) is 103 Å². The number of rotatable bonds is 4. The Kier molecular flexibility index (Phi) is 3.27. The van der Waals surface area contributed by atoms with Crippen LogP contribution >= 0.6 is 0 Å². The summed E-state index contributed by atoms with van der Waals surface area (Å²) in [5.41, 5.74) is 1.24. The van der Waals surface area contributed by atoms with Gasteiger partial charge in [-0.3, -0.25) is 14.9 Å². The Morgan fingerprint density at radius 1 is 1.38 bits per heavy atom. The number of nitrogens with zero attached hydrogens (tertiary/aromatic N) is 4. The number of hydrogen-bond acceptors (Lipinski definition) is 6. The van der Waals surface area contributed by atoms with Crippen molar-refractivity contribution in [3.05, 3.63) is 40.4 Å². The number of pyridine rings is 1. The number of aromatic amines is 2. The molecule has 3 rings (SSSR count). The quantitative estimate of drug-likeness (QED) is 0.652. The summed E-state index contributed by atoms with van der Waals surface area (Å²) >= 11 is 0. The van der Waals surface area contributed by atoms with E-state index in [2.05, 4.69) is 30.5 Å². The molecule has 108 valence electrons. The van der Waals surface area contributed by atoms with Crippen molar-refractivity contribution in [2.24, 2.45) is 0 Å². The van der Waals surface area contributed by atoms with Gasteiger partial charge in [0.05, 0.1) is 6.20 Å². The van der Waals surface area contributed by atoms with E-state index < -0.39 is 0 Å². The minimum atomic E-state index is -0.227. The van der Waals surface area contributed by atoms with Gasteiger partial charge in [-0.1, -0.05) is 6.07 Å². The maximum atomic E-state index is 11.8. The van der Waals surface area contributed by atoms with E-state index in [0.717, 1.165) is 11.4 Å². The molecule has 0 atom stereocenters. The van der Waals surface area contributed by atoms with Crippen molar-refractivity contribution in [3.8, 4) is 0 Å². The van der Waals surface area contributed by atoms with Crippen LogP contribution in [-0.2, 0) is 6.54 Å². The fraction of sp³-hybridized carbons (Fsp3) is 0.231. The summed E-state index contributed by atoms with van der Waals surface area (Å²) in [7, 11) is 3.87. The van der Waals surface area contributed by atoms with Gasteiger partial charge in [0, 0.05) is 32.4 Å². The summed E-state index contributed by atoms with van der Waals surface area (Å²) in [5.74, 6) is 1.26. The van der Waals surface area contributed by atoms with Gasteiger partial charge in [-0.05, 0) is 6.07 Å². The Hall–Kier alpha value is -2.90. The second kappa shape index (κ2) is 5.23. The van der Waals surface area contributed by atoms with Crippen LogP contribution in [0, 0.1) is 0 Å². The molecule has 0 saturated heterocycles. The highest BCUT2D eigenvalue weighted by molar-refractivity contribution is 5.73. The molecule has 0 amide bonds. The largest absolute Gasteiger partial charge is 0.362 e. The first-order valence-corrected chi connectivity index (χ1v) is 6.43. The molecule has 3 aromatic heterocycles. The van der Waals surface area contributed by atoms with Gasteiger partial charge >= 0.3 is 0 Å². The van der Waals surface area contributed by atoms with Gasteiger partial charge < -0.3 is 10.2 Å². The fourth-order valence-electron chi connectivity index (χ4n) is 2.08. The Labute approximate surface area is 120 Å². The molecule has 21 heavy (non-hydrogen) atoms. The molecule has 0 radical (unpaired) electrons. The lowest BCUT2D eigenvalue weighted by atomic mass is 10.2. The summed E-state index contributed by atoms with van der Waals surface area (Å²) in [6.45, 7) is 0.504. The predicted octanol–water partition coefficient (Wildman–Crippen LogP) is 0.719. The highest BCUT2D eigenvalue weighted by Gasteiger charge is 2.08. The summed E-state index contributed by atoms with van der Waals surface area (Å²) in [5, 5.41) is 10.0. The maximum Gasteiger partial charge on any atom is 0.263 e. The Bertz CT molecular complexity index is 820. The van der Waals surface area contributed by atoms with Crippen LogP contribution in [0.15, 0.2) is 29.3 Å². The Morgan fingerprint density at radius 3 is 3.05 bits per heavy atom. The third-order valence-electron chi connectivity index (χ3n) is 3.06. The number of hydrogen-bond donors (Lipinski definition) is 3. The summed E-state index contributed by atoms with van der Waals surface area (Å²) in [4.78, 5) is 25.0. The number of aromatic nitrogens is 5. The average molecular weight is 285 g/mol. The molecular weight excluding hydrogens is 270 g/mol. The van der Waals surface area contributed by atoms with Gasteiger partial charge in [0.2, 0.25) is 5.95 Å². The van der Waals surface area contributed by atoms with Crippen molar-refractivity contribution in [2.75, 3.05) is 24.3 Å². The molecule has 0 spiro atoms. The molecule has 0 unspecified atom stereocenters. The highest BCUT2D eigenvalue weighted by Crippen LogP contribution is 2.15. The van der Waals surface area contributed by atoms with Crippen LogP contribution in [0.1, 0.15) is 5.56 Å².